The van der Waals surface area contributed by atoms with Crippen LogP contribution in [0.25, 0.3) is 10.9 Å². The summed E-state index contributed by atoms with van der Waals surface area (Å²) in [6, 6.07) is 9.88. The van der Waals surface area contributed by atoms with Crippen LogP contribution in [0.1, 0.15) is 23.2 Å². The van der Waals surface area contributed by atoms with Crippen molar-refractivity contribution in [2.24, 2.45) is 5.73 Å². The zero-order chi connectivity index (χ0) is 13.9. The molecule has 1 aromatic heterocycles. The second-order valence-corrected chi connectivity index (χ2v) is 5.11. The fourth-order valence-corrected chi connectivity index (χ4v) is 2.57. The van der Waals surface area contributed by atoms with E-state index in [4.69, 9.17) is 5.73 Å². The van der Waals surface area contributed by atoms with E-state index in [1.54, 1.807) is 0 Å². The first-order valence-corrected chi connectivity index (χ1v) is 6.91. The van der Waals surface area contributed by atoms with Gasteiger partial charge in [0.05, 0.1) is 11.1 Å². The monoisotopic (exact) mass is 270 g/mol. The Morgan fingerprint density at radius 2 is 2.05 bits per heavy atom. The summed E-state index contributed by atoms with van der Waals surface area (Å²) in [4.78, 5) is 16.2. The number of nitrogens with two attached hydrogens (primary N) is 1. The van der Waals surface area contributed by atoms with Gasteiger partial charge in [0.1, 0.15) is 5.82 Å². The van der Waals surface area contributed by atoms with Crippen molar-refractivity contribution < 1.29 is 4.79 Å². The number of benzene rings is 1. The van der Waals surface area contributed by atoms with Crippen LogP contribution in [0.4, 0.5) is 5.82 Å². The summed E-state index contributed by atoms with van der Waals surface area (Å²) < 4.78 is 0. The normalized spacial score (nSPS) is 16.2. The quantitative estimate of drug-likeness (QED) is 0.789. The second-order valence-electron chi connectivity index (χ2n) is 5.11. The number of aromatic nitrogens is 1. The maximum Gasteiger partial charge on any atom is 0.252 e. The minimum Gasteiger partial charge on any atom is -0.367 e. The lowest BCUT2D eigenvalue weighted by Crippen LogP contribution is -2.36. The molecule has 1 aromatic carbocycles. The van der Waals surface area contributed by atoms with Crippen molar-refractivity contribution in [2.75, 3.05) is 18.4 Å². The molecule has 0 aliphatic carbocycles. The molecule has 5 nitrogen and oxygen atoms in total. The van der Waals surface area contributed by atoms with E-state index < -0.39 is 5.91 Å². The second kappa shape index (κ2) is 5.46. The number of amides is 1. The van der Waals surface area contributed by atoms with Crippen LogP contribution in [0, 0.1) is 0 Å². The number of hydrogen-bond donors (Lipinski definition) is 3. The molecular formula is C15H18N4O. The summed E-state index contributed by atoms with van der Waals surface area (Å²) in [6.45, 7) is 1.97. The number of fused-ring (bicyclic) bond motifs is 1. The fraction of sp³-hybridized carbons (Fsp3) is 0.333. The van der Waals surface area contributed by atoms with Gasteiger partial charge in [0, 0.05) is 11.4 Å². The van der Waals surface area contributed by atoms with Gasteiger partial charge in [-0.1, -0.05) is 18.2 Å². The number of hydrogen-bond acceptors (Lipinski definition) is 4. The van der Waals surface area contributed by atoms with Crippen molar-refractivity contribution >= 4 is 22.6 Å². The highest BCUT2D eigenvalue weighted by atomic mass is 16.1. The van der Waals surface area contributed by atoms with Crippen LogP contribution in [0.2, 0.25) is 0 Å². The number of pyridine rings is 1. The summed E-state index contributed by atoms with van der Waals surface area (Å²) >= 11 is 0. The van der Waals surface area contributed by atoms with Crippen LogP contribution < -0.4 is 16.4 Å². The molecule has 0 bridgehead atoms. The molecule has 20 heavy (non-hydrogen) atoms. The fourth-order valence-electron chi connectivity index (χ4n) is 2.57. The highest BCUT2D eigenvalue weighted by molar-refractivity contribution is 6.01. The Morgan fingerprint density at radius 3 is 2.80 bits per heavy atom. The molecule has 5 heteroatoms. The number of nitrogens with one attached hydrogen (secondary N) is 2. The van der Waals surface area contributed by atoms with Gasteiger partial charge in [0.25, 0.3) is 5.91 Å². The van der Waals surface area contributed by atoms with E-state index in [1.165, 1.54) is 0 Å². The van der Waals surface area contributed by atoms with E-state index in [0.29, 0.717) is 17.4 Å². The van der Waals surface area contributed by atoms with Gasteiger partial charge in [-0.15, -0.1) is 0 Å². The first-order chi connectivity index (χ1) is 9.74. The van der Waals surface area contributed by atoms with Crippen LogP contribution in [0.15, 0.2) is 30.3 Å². The van der Waals surface area contributed by atoms with Crippen molar-refractivity contribution in [1.29, 1.82) is 0 Å². The molecule has 0 radical (unpaired) electrons. The van der Waals surface area contributed by atoms with Gasteiger partial charge < -0.3 is 16.4 Å². The minimum absolute atomic E-state index is 0.336. The van der Waals surface area contributed by atoms with Gasteiger partial charge in [0.2, 0.25) is 0 Å². The largest absolute Gasteiger partial charge is 0.367 e. The Bertz CT molecular complexity index is 635. The Labute approximate surface area is 117 Å². The van der Waals surface area contributed by atoms with Crippen LogP contribution in [0.3, 0.4) is 0 Å². The van der Waals surface area contributed by atoms with Crippen molar-refractivity contribution in [2.45, 2.75) is 18.9 Å². The van der Waals surface area contributed by atoms with E-state index in [0.717, 1.165) is 36.8 Å². The lowest BCUT2D eigenvalue weighted by atomic mass is 10.1. The number of carbonyl (C=O) groups excluding carboxylic acids is 1. The number of anilines is 1. The van der Waals surface area contributed by atoms with Gasteiger partial charge in [-0.3, -0.25) is 4.79 Å². The molecule has 2 heterocycles. The molecular weight excluding hydrogens is 252 g/mol. The van der Waals surface area contributed by atoms with Crippen molar-refractivity contribution in [3.8, 4) is 0 Å². The molecule has 4 N–H and O–H groups in total. The zero-order valence-electron chi connectivity index (χ0n) is 11.2. The van der Waals surface area contributed by atoms with Gasteiger partial charge in [-0.2, -0.15) is 0 Å². The summed E-state index contributed by atoms with van der Waals surface area (Å²) in [7, 11) is 0. The third-order valence-corrected chi connectivity index (χ3v) is 3.67. The van der Waals surface area contributed by atoms with Gasteiger partial charge in [-0.25, -0.2) is 4.98 Å². The maximum atomic E-state index is 11.6. The molecule has 0 saturated carbocycles. The van der Waals surface area contributed by atoms with E-state index >= 15 is 0 Å². The molecule has 1 aliphatic heterocycles. The van der Waals surface area contributed by atoms with Gasteiger partial charge in [0.15, 0.2) is 0 Å². The number of piperidine rings is 1. The number of carbonyl (C=O) groups is 1. The Kier molecular flexibility index (Phi) is 3.52. The molecule has 104 valence electrons. The summed E-state index contributed by atoms with van der Waals surface area (Å²) in [5.41, 5.74) is 6.81. The molecule has 1 fully saturated rings. The standard InChI is InChI=1S/C15H18N4O/c16-14(20)12-9-10-3-1-2-4-13(10)19-15(12)18-11-5-7-17-8-6-11/h1-4,9,11,17H,5-8H2,(H2,16,20)(H,18,19). The van der Waals surface area contributed by atoms with Crippen LogP contribution in [-0.4, -0.2) is 30.0 Å². The number of primary amides is 1. The van der Waals surface area contributed by atoms with E-state index in [1.807, 2.05) is 30.3 Å². The molecule has 0 unspecified atom stereocenters. The first kappa shape index (κ1) is 12.9. The van der Waals surface area contributed by atoms with Crippen molar-refractivity contribution in [3.63, 3.8) is 0 Å². The highest BCUT2D eigenvalue weighted by Gasteiger charge is 2.17. The summed E-state index contributed by atoms with van der Waals surface area (Å²) in [5, 5.41) is 7.61. The van der Waals surface area contributed by atoms with E-state index in [-0.39, 0.29) is 0 Å². The minimum atomic E-state index is -0.445. The summed E-state index contributed by atoms with van der Waals surface area (Å²) in [5.74, 6) is 0.155. The molecule has 3 rings (SSSR count). The van der Waals surface area contributed by atoms with Gasteiger partial charge in [-0.05, 0) is 38.1 Å². The number of rotatable bonds is 3. The predicted molar refractivity (Wildman–Crippen MR) is 79.8 cm³/mol. The third kappa shape index (κ3) is 2.58. The Morgan fingerprint density at radius 1 is 1.30 bits per heavy atom. The topological polar surface area (TPSA) is 80.0 Å². The van der Waals surface area contributed by atoms with Gasteiger partial charge >= 0.3 is 0 Å². The molecule has 1 saturated heterocycles. The highest BCUT2D eigenvalue weighted by Crippen LogP contribution is 2.22. The molecule has 1 amide bonds. The lowest BCUT2D eigenvalue weighted by molar-refractivity contribution is 0.100. The van der Waals surface area contributed by atoms with E-state index in [2.05, 4.69) is 15.6 Å². The van der Waals surface area contributed by atoms with Crippen LogP contribution in [-0.2, 0) is 0 Å². The van der Waals surface area contributed by atoms with E-state index in [9.17, 15) is 4.79 Å². The molecule has 1 aliphatic rings. The Hall–Kier alpha value is -2.14. The maximum absolute atomic E-state index is 11.6. The average molecular weight is 270 g/mol. The van der Waals surface area contributed by atoms with Crippen LogP contribution >= 0.6 is 0 Å². The zero-order valence-corrected chi connectivity index (χ0v) is 11.2. The number of para-hydroxylation sites is 1. The Balaban J connectivity index is 1.98. The summed E-state index contributed by atoms with van der Waals surface area (Å²) in [6.07, 6.45) is 2.04. The van der Waals surface area contributed by atoms with Crippen molar-refractivity contribution in [3.05, 3.63) is 35.9 Å². The molecule has 2 aromatic rings. The molecule has 0 atom stereocenters. The lowest BCUT2D eigenvalue weighted by Gasteiger charge is -2.25. The SMILES string of the molecule is NC(=O)c1cc2ccccc2nc1NC1CCNCC1. The smallest absolute Gasteiger partial charge is 0.252 e. The van der Waals surface area contributed by atoms with Crippen molar-refractivity contribution in [1.82, 2.24) is 10.3 Å². The molecule has 0 spiro atoms. The number of nitrogens with zero attached hydrogens (tertiary/aromatic N) is 1. The predicted octanol–water partition coefficient (Wildman–Crippen LogP) is 1.50. The van der Waals surface area contributed by atoms with Crippen LogP contribution in [0.5, 0.6) is 0 Å². The average Bonchev–Trinajstić information content (AvgIpc) is 2.47. The first-order valence-electron chi connectivity index (χ1n) is 6.91. The third-order valence-electron chi connectivity index (χ3n) is 3.67.